The van der Waals surface area contributed by atoms with Gasteiger partial charge in [0.05, 0.1) is 25.4 Å². The van der Waals surface area contributed by atoms with Crippen LogP contribution in [0.15, 0.2) is 4.99 Å². The number of ketones is 1. The number of hydrogen-bond acceptors (Lipinski definition) is 7. The number of ether oxygens (including phenoxy) is 1. The third kappa shape index (κ3) is 1.75. The first kappa shape index (κ1) is 12.2. The lowest BCUT2D eigenvalue weighted by Crippen LogP contribution is -2.54. The Kier molecular flexibility index (Phi) is 2.83. The summed E-state index contributed by atoms with van der Waals surface area (Å²) in [6, 6.07) is 0. The summed E-state index contributed by atoms with van der Waals surface area (Å²) in [5, 5.41) is 0. The van der Waals surface area contributed by atoms with Gasteiger partial charge in [0.25, 0.3) is 0 Å². The number of fused-ring (bicyclic) bond motifs is 2. The van der Waals surface area contributed by atoms with Crippen LogP contribution in [-0.2, 0) is 19.1 Å². The molecule has 1 amide bonds. The summed E-state index contributed by atoms with van der Waals surface area (Å²) in [6.07, 6.45) is 0.228. The molecular weight excluding hydrogens is 252 g/mol. The molecular formula is C11H14N4O4. The Balaban J connectivity index is 1.92. The highest BCUT2D eigenvalue weighted by atomic mass is 16.5. The van der Waals surface area contributed by atoms with Crippen molar-refractivity contribution in [1.82, 2.24) is 15.8 Å². The number of nitrogens with one attached hydrogen (secondary N) is 2. The van der Waals surface area contributed by atoms with Crippen molar-refractivity contribution in [3.8, 4) is 0 Å². The molecule has 3 atom stereocenters. The fourth-order valence-corrected chi connectivity index (χ4v) is 2.73. The van der Waals surface area contributed by atoms with Gasteiger partial charge in [-0.05, 0) is 12.8 Å². The van der Waals surface area contributed by atoms with Crippen molar-refractivity contribution in [3.63, 3.8) is 0 Å². The molecule has 3 rings (SSSR count). The lowest BCUT2D eigenvalue weighted by molar-refractivity contribution is -0.150. The van der Waals surface area contributed by atoms with Gasteiger partial charge >= 0.3 is 5.97 Å². The van der Waals surface area contributed by atoms with E-state index >= 15 is 0 Å². The maximum absolute atomic E-state index is 12.2. The van der Waals surface area contributed by atoms with E-state index in [1.165, 1.54) is 7.11 Å². The van der Waals surface area contributed by atoms with E-state index in [0.29, 0.717) is 19.5 Å². The Morgan fingerprint density at radius 2 is 2.21 bits per heavy atom. The number of hydrogen-bond donors (Lipinski definition) is 2. The maximum Gasteiger partial charge on any atom is 0.316 e. The van der Waals surface area contributed by atoms with Gasteiger partial charge in [-0.15, -0.1) is 0 Å². The van der Waals surface area contributed by atoms with Gasteiger partial charge in [-0.25, -0.2) is 15.8 Å². The van der Waals surface area contributed by atoms with E-state index in [2.05, 4.69) is 20.6 Å². The second kappa shape index (κ2) is 4.39. The van der Waals surface area contributed by atoms with Crippen molar-refractivity contribution in [2.24, 2.45) is 16.8 Å². The zero-order chi connectivity index (χ0) is 13.6. The average molecular weight is 266 g/mol. The lowest BCUT2D eigenvalue weighted by Gasteiger charge is -2.35. The fourth-order valence-electron chi connectivity index (χ4n) is 2.73. The van der Waals surface area contributed by atoms with Crippen LogP contribution in [0.25, 0.3) is 0 Å². The zero-order valence-electron chi connectivity index (χ0n) is 10.4. The van der Waals surface area contributed by atoms with E-state index in [-0.39, 0.29) is 17.4 Å². The van der Waals surface area contributed by atoms with Gasteiger partial charge in [0, 0.05) is 0 Å². The predicted octanol–water partition coefficient (Wildman–Crippen LogP) is -1.61. The third-order valence-electron chi connectivity index (χ3n) is 3.75. The molecule has 8 heteroatoms. The van der Waals surface area contributed by atoms with Crippen LogP contribution in [0.3, 0.4) is 0 Å². The number of carbonyl (C=O) groups is 3. The van der Waals surface area contributed by atoms with Gasteiger partial charge in [0.2, 0.25) is 5.91 Å². The van der Waals surface area contributed by atoms with Crippen LogP contribution < -0.4 is 10.9 Å². The molecule has 0 bridgehead atoms. The molecule has 3 aliphatic rings. The largest absolute Gasteiger partial charge is 0.468 e. The van der Waals surface area contributed by atoms with Crippen molar-refractivity contribution in [3.05, 3.63) is 0 Å². The molecule has 0 aromatic heterocycles. The molecule has 0 radical (unpaired) electrons. The van der Waals surface area contributed by atoms with Crippen LogP contribution in [0.2, 0.25) is 0 Å². The molecule has 0 aromatic carbocycles. The number of rotatable bonds is 1. The number of Topliss-reactive ketones (excluding diaryl/α,β-unsaturated/α-hetero) is 1. The number of carbonyl (C=O) groups excluding carboxylic acids is 3. The molecule has 2 fully saturated rings. The summed E-state index contributed by atoms with van der Waals surface area (Å²) >= 11 is 0. The van der Waals surface area contributed by atoms with E-state index in [4.69, 9.17) is 0 Å². The van der Waals surface area contributed by atoms with Crippen molar-refractivity contribution in [2.75, 3.05) is 13.8 Å². The van der Waals surface area contributed by atoms with E-state index in [1.54, 1.807) is 4.90 Å². The first-order valence-electron chi connectivity index (χ1n) is 6.12. The predicted molar refractivity (Wildman–Crippen MR) is 62.4 cm³/mol. The van der Waals surface area contributed by atoms with Crippen molar-refractivity contribution >= 4 is 23.4 Å². The van der Waals surface area contributed by atoms with Crippen LogP contribution in [0.5, 0.6) is 0 Å². The van der Waals surface area contributed by atoms with Crippen molar-refractivity contribution < 1.29 is 19.1 Å². The number of aliphatic imine (C=N–C) groups is 1. The molecule has 2 aliphatic heterocycles. The SMILES string of the molecule is COC(=O)[C@@H]1CC[C@@H]2C(=O)N3CNN[C@@H]3N=C2C1=O. The van der Waals surface area contributed by atoms with Crippen LogP contribution in [-0.4, -0.2) is 48.3 Å². The van der Waals surface area contributed by atoms with Gasteiger partial charge in [-0.1, -0.05) is 0 Å². The molecule has 1 aliphatic carbocycles. The summed E-state index contributed by atoms with van der Waals surface area (Å²) in [4.78, 5) is 41.8. The first-order valence-corrected chi connectivity index (χ1v) is 6.12. The van der Waals surface area contributed by atoms with Gasteiger partial charge < -0.3 is 4.74 Å². The van der Waals surface area contributed by atoms with Crippen LogP contribution in [0, 0.1) is 11.8 Å². The molecule has 2 N–H and O–H groups in total. The average Bonchev–Trinajstić information content (AvgIpc) is 2.88. The Labute approximate surface area is 109 Å². The molecule has 1 saturated heterocycles. The van der Waals surface area contributed by atoms with Crippen molar-refractivity contribution in [2.45, 2.75) is 19.1 Å². The smallest absolute Gasteiger partial charge is 0.316 e. The second-order valence-electron chi connectivity index (χ2n) is 4.75. The Morgan fingerprint density at radius 1 is 1.42 bits per heavy atom. The number of methoxy groups -OCH3 is 1. The van der Waals surface area contributed by atoms with Crippen LogP contribution in [0.4, 0.5) is 0 Å². The van der Waals surface area contributed by atoms with Gasteiger partial charge in [-0.3, -0.25) is 19.3 Å². The summed E-state index contributed by atoms with van der Waals surface area (Å²) in [7, 11) is 1.25. The third-order valence-corrected chi connectivity index (χ3v) is 3.75. The summed E-state index contributed by atoms with van der Waals surface area (Å²) in [5.41, 5.74) is 5.81. The lowest BCUT2D eigenvalue weighted by atomic mass is 9.78. The van der Waals surface area contributed by atoms with E-state index in [1.807, 2.05) is 0 Å². The van der Waals surface area contributed by atoms with Gasteiger partial charge in [0.15, 0.2) is 12.1 Å². The minimum Gasteiger partial charge on any atom is -0.468 e. The highest BCUT2D eigenvalue weighted by Crippen LogP contribution is 2.30. The summed E-state index contributed by atoms with van der Waals surface area (Å²) < 4.78 is 4.62. The number of nitrogens with zero attached hydrogens (tertiary/aromatic N) is 2. The Hall–Kier alpha value is -1.80. The Morgan fingerprint density at radius 3 is 2.95 bits per heavy atom. The highest BCUT2D eigenvalue weighted by molar-refractivity contribution is 6.47. The second-order valence-corrected chi connectivity index (χ2v) is 4.75. The summed E-state index contributed by atoms with van der Waals surface area (Å²) in [5.74, 6) is -2.41. The van der Waals surface area contributed by atoms with Crippen LogP contribution in [0.1, 0.15) is 12.8 Å². The van der Waals surface area contributed by atoms with E-state index < -0.39 is 24.1 Å². The van der Waals surface area contributed by atoms with Gasteiger partial charge in [-0.2, -0.15) is 0 Å². The van der Waals surface area contributed by atoms with Crippen LogP contribution >= 0.6 is 0 Å². The van der Waals surface area contributed by atoms with Crippen molar-refractivity contribution in [1.29, 1.82) is 0 Å². The molecule has 19 heavy (non-hydrogen) atoms. The normalized spacial score (nSPS) is 33.6. The van der Waals surface area contributed by atoms with Gasteiger partial charge in [0.1, 0.15) is 5.92 Å². The highest BCUT2D eigenvalue weighted by Gasteiger charge is 2.48. The topological polar surface area (TPSA) is 100 Å². The molecule has 102 valence electrons. The molecule has 2 heterocycles. The number of amides is 1. The monoisotopic (exact) mass is 266 g/mol. The number of esters is 1. The standard InChI is InChI=1S/C11H14N4O4/c1-19-10(18)6-3-2-5-7(8(6)16)13-11-14-12-4-15(11)9(5)17/h5-6,11-12,14H,2-4H2,1H3/t5-,6+,11-/m0/s1. The van der Waals surface area contributed by atoms with E-state index in [0.717, 1.165) is 0 Å². The summed E-state index contributed by atoms with van der Waals surface area (Å²) in [6.45, 7) is 0.366. The molecule has 1 saturated carbocycles. The van der Waals surface area contributed by atoms with E-state index in [9.17, 15) is 14.4 Å². The fraction of sp³-hybridized carbons (Fsp3) is 0.636. The maximum atomic E-state index is 12.2. The molecule has 0 aromatic rings. The number of hydrazine groups is 1. The Bertz CT molecular complexity index is 489. The minimum absolute atomic E-state index is 0.121. The molecule has 0 spiro atoms. The molecule has 0 unspecified atom stereocenters. The minimum atomic E-state index is -0.825. The molecule has 8 nitrogen and oxygen atoms in total. The first-order chi connectivity index (χ1) is 9.13. The zero-order valence-corrected chi connectivity index (χ0v) is 10.4. The quantitative estimate of drug-likeness (QED) is 0.437.